The molecule has 1 aromatic rings. The molecule has 0 spiro atoms. The van der Waals surface area contributed by atoms with Gasteiger partial charge in [-0.05, 0) is 18.6 Å². The number of pyridine rings is 1. The predicted molar refractivity (Wildman–Crippen MR) is 68.5 cm³/mol. The van der Waals surface area contributed by atoms with Crippen LogP contribution >= 0.6 is 0 Å². The maximum Gasteiger partial charge on any atom is 0.272 e. The van der Waals surface area contributed by atoms with E-state index in [1.54, 1.807) is 18.1 Å². The lowest BCUT2D eigenvalue weighted by molar-refractivity contribution is 0.0102. The summed E-state index contributed by atoms with van der Waals surface area (Å²) in [6, 6.07) is 3.73. The summed E-state index contributed by atoms with van der Waals surface area (Å²) in [6.45, 7) is 4.86. The normalized spacial score (nSPS) is 19.6. The summed E-state index contributed by atoms with van der Waals surface area (Å²) in [5, 5.41) is 3.25. The van der Waals surface area contributed by atoms with E-state index in [4.69, 9.17) is 4.74 Å². The van der Waals surface area contributed by atoms with Gasteiger partial charge in [0, 0.05) is 32.9 Å². The molecule has 1 aliphatic rings. The summed E-state index contributed by atoms with van der Waals surface area (Å²) < 4.78 is 5.59. The molecule has 98 valence electrons. The Morgan fingerprint density at radius 1 is 1.67 bits per heavy atom. The first-order valence-electron chi connectivity index (χ1n) is 6.18. The van der Waals surface area contributed by atoms with Gasteiger partial charge >= 0.3 is 0 Å². The molecular weight excluding hydrogens is 230 g/mol. The van der Waals surface area contributed by atoms with Crippen molar-refractivity contribution in [2.24, 2.45) is 0 Å². The summed E-state index contributed by atoms with van der Waals surface area (Å²) in [7, 11) is 1.79. The van der Waals surface area contributed by atoms with Crippen molar-refractivity contribution in [3.8, 4) is 0 Å². The van der Waals surface area contributed by atoms with E-state index in [1.165, 1.54) is 0 Å². The van der Waals surface area contributed by atoms with E-state index in [1.807, 2.05) is 19.1 Å². The van der Waals surface area contributed by atoms with Crippen molar-refractivity contribution in [2.45, 2.75) is 13.0 Å². The van der Waals surface area contributed by atoms with Gasteiger partial charge in [-0.2, -0.15) is 0 Å². The molecule has 1 unspecified atom stereocenters. The lowest BCUT2D eigenvalue weighted by Gasteiger charge is -2.28. The summed E-state index contributed by atoms with van der Waals surface area (Å²) in [5.41, 5.74) is 1.42. The van der Waals surface area contributed by atoms with Crippen LogP contribution in [0.15, 0.2) is 18.3 Å². The average Bonchev–Trinajstić information content (AvgIpc) is 2.39. The standard InChI is InChI=1S/C13H19N3O2/c1-10-4-3-5-15-12(10)13(17)16(2)9-11-8-14-6-7-18-11/h3-5,11,14H,6-9H2,1-2H3. The molecule has 2 heterocycles. The molecule has 1 aromatic heterocycles. The van der Waals surface area contributed by atoms with E-state index in [0.29, 0.717) is 18.8 Å². The van der Waals surface area contributed by atoms with Crippen molar-refractivity contribution in [3.63, 3.8) is 0 Å². The van der Waals surface area contributed by atoms with Crippen LogP contribution in [0.25, 0.3) is 0 Å². The zero-order valence-electron chi connectivity index (χ0n) is 10.8. The molecule has 0 saturated carbocycles. The molecule has 1 aliphatic heterocycles. The van der Waals surface area contributed by atoms with Gasteiger partial charge in [-0.3, -0.25) is 9.78 Å². The Kier molecular flexibility index (Phi) is 4.28. The number of carbonyl (C=O) groups is 1. The van der Waals surface area contributed by atoms with E-state index in [9.17, 15) is 4.79 Å². The molecule has 0 aromatic carbocycles. The summed E-state index contributed by atoms with van der Waals surface area (Å²) in [5.74, 6) is -0.0535. The Morgan fingerprint density at radius 3 is 3.17 bits per heavy atom. The van der Waals surface area contributed by atoms with E-state index in [0.717, 1.165) is 18.7 Å². The number of likely N-dealkylation sites (N-methyl/N-ethyl adjacent to an activating group) is 1. The lowest BCUT2D eigenvalue weighted by Crippen LogP contribution is -2.45. The van der Waals surface area contributed by atoms with Crippen LogP contribution in [0.3, 0.4) is 0 Å². The Bertz CT molecular complexity index is 416. The van der Waals surface area contributed by atoms with Gasteiger partial charge in [0.2, 0.25) is 0 Å². The zero-order chi connectivity index (χ0) is 13.0. The first-order chi connectivity index (χ1) is 8.68. The largest absolute Gasteiger partial charge is 0.374 e. The Morgan fingerprint density at radius 2 is 2.50 bits per heavy atom. The number of ether oxygens (including phenoxy) is 1. The van der Waals surface area contributed by atoms with Crippen LogP contribution in [0.5, 0.6) is 0 Å². The molecule has 0 aliphatic carbocycles. The first-order valence-corrected chi connectivity index (χ1v) is 6.18. The van der Waals surface area contributed by atoms with Gasteiger partial charge in [-0.1, -0.05) is 6.07 Å². The van der Waals surface area contributed by atoms with Crippen molar-refractivity contribution in [2.75, 3.05) is 33.3 Å². The fourth-order valence-electron chi connectivity index (χ4n) is 2.02. The Labute approximate surface area is 107 Å². The van der Waals surface area contributed by atoms with Gasteiger partial charge in [0.05, 0.1) is 12.7 Å². The van der Waals surface area contributed by atoms with E-state index in [-0.39, 0.29) is 12.0 Å². The smallest absolute Gasteiger partial charge is 0.272 e. The van der Waals surface area contributed by atoms with Crippen molar-refractivity contribution >= 4 is 5.91 Å². The molecule has 5 heteroatoms. The van der Waals surface area contributed by atoms with E-state index >= 15 is 0 Å². The highest BCUT2D eigenvalue weighted by molar-refractivity contribution is 5.93. The van der Waals surface area contributed by atoms with Gasteiger partial charge in [-0.15, -0.1) is 0 Å². The third-order valence-corrected chi connectivity index (χ3v) is 3.04. The van der Waals surface area contributed by atoms with Crippen LogP contribution in [0.2, 0.25) is 0 Å². The third kappa shape index (κ3) is 3.05. The number of nitrogens with zero attached hydrogens (tertiary/aromatic N) is 2. The second-order valence-corrected chi connectivity index (χ2v) is 4.55. The molecule has 1 saturated heterocycles. The number of amides is 1. The van der Waals surface area contributed by atoms with Crippen molar-refractivity contribution in [1.29, 1.82) is 0 Å². The molecule has 0 radical (unpaired) electrons. The highest BCUT2D eigenvalue weighted by Gasteiger charge is 2.21. The number of carbonyl (C=O) groups excluding carboxylic acids is 1. The van der Waals surface area contributed by atoms with Crippen LogP contribution < -0.4 is 5.32 Å². The number of hydrogen-bond donors (Lipinski definition) is 1. The Balaban J connectivity index is 1.98. The molecule has 0 bridgehead atoms. The molecular formula is C13H19N3O2. The van der Waals surface area contributed by atoms with E-state index < -0.39 is 0 Å². The number of morpholine rings is 1. The van der Waals surface area contributed by atoms with Gasteiger partial charge in [0.1, 0.15) is 5.69 Å². The van der Waals surface area contributed by atoms with Crippen LogP contribution in [0, 0.1) is 6.92 Å². The first kappa shape index (κ1) is 13.0. The SMILES string of the molecule is Cc1cccnc1C(=O)N(C)CC1CNCCO1. The van der Waals surface area contributed by atoms with E-state index in [2.05, 4.69) is 10.3 Å². The maximum atomic E-state index is 12.2. The summed E-state index contributed by atoms with van der Waals surface area (Å²) >= 11 is 0. The number of aryl methyl sites for hydroxylation is 1. The molecule has 5 nitrogen and oxygen atoms in total. The monoisotopic (exact) mass is 249 g/mol. The molecule has 1 fully saturated rings. The number of nitrogens with one attached hydrogen (secondary N) is 1. The van der Waals surface area contributed by atoms with Crippen LogP contribution in [0.1, 0.15) is 16.1 Å². The molecule has 2 rings (SSSR count). The minimum absolute atomic E-state index is 0.0535. The highest BCUT2D eigenvalue weighted by Crippen LogP contribution is 2.08. The quantitative estimate of drug-likeness (QED) is 0.845. The van der Waals surface area contributed by atoms with Gasteiger partial charge in [-0.25, -0.2) is 0 Å². The fraction of sp³-hybridized carbons (Fsp3) is 0.538. The maximum absolute atomic E-state index is 12.2. The van der Waals surface area contributed by atoms with Gasteiger partial charge in [0.15, 0.2) is 0 Å². The topological polar surface area (TPSA) is 54.5 Å². The number of aromatic nitrogens is 1. The van der Waals surface area contributed by atoms with Gasteiger partial charge in [0.25, 0.3) is 5.91 Å². The van der Waals surface area contributed by atoms with Crippen molar-refractivity contribution in [1.82, 2.24) is 15.2 Å². The van der Waals surface area contributed by atoms with Crippen LogP contribution in [-0.4, -0.2) is 55.2 Å². The number of hydrogen-bond acceptors (Lipinski definition) is 4. The summed E-state index contributed by atoms with van der Waals surface area (Å²) in [6.07, 6.45) is 1.71. The minimum atomic E-state index is -0.0535. The lowest BCUT2D eigenvalue weighted by atomic mass is 10.2. The van der Waals surface area contributed by atoms with Crippen LogP contribution in [-0.2, 0) is 4.74 Å². The highest BCUT2D eigenvalue weighted by atomic mass is 16.5. The summed E-state index contributed by atoms with van der Waals surface area (Å²) in [4.78, 5) is 18.0. The predicted octanol–water partition coefficient (Wildman–Crippen LogP) is 0.450. The van der Waals surface area contributed by atoms with Crippen molar-refractivity contribution in [3.05, 3.63) is 29.6 Å². The zero-order valence-corrected chi connectivity index (χ0v) is 10.8. The molecule has 1 atom stereocenters. The van der Waals surface area contributed by atoms with Crippen LogP contribution in [0.4, 0.5) is 0 Å². The third-order valence-electron chi connectivity index (χ3n) is 3.04. The van der Waals surface area contributed by atoms with Gasteiger partial charge < -0.3 is 15.0 Å². The molecule has 1 amide bonds. The van der Waals surface area contributed by atoms with Crippen molar-refractivity contribution < 1.29 is 9.53 Å². The number of rotatable bonds is 3. The average molecular weight is 249 g/mol. The fourth-order valence-corrected chi connectivity index (χ4v) is 2.02. The second kappa shape index (κ2) is 5.93. The Hall–Kier alpha value is -1.46. The molecule has 18 heavy (non-hydrogen) atoms. The second-order valence-electron chi connectivity index (χ2n) is 4.55. The molecule has 1 N–H and O–H groups in total. The minimum Gasteiger partial charge on any atom is -0.374 e.